The van der Waals surface area contributed by atoms with Gasteiger partial charge in [0.15, 0.2) is 0 Å². The van der Waals surface area contributed by atoms with Gasteiger partial charge < -0.3 is 0 Å². The summed E-state index contributed by atoms with van der Waals surface area (Å²) >= 11 is 5.16. The molecule has 0 N–H and O–H groups in total. The first-order valence-electron chi connectivity index (χ1n) is 4.44. The lowest BCUT2D eigenvalue weighted by molar-refractivity contribution is -0.384. The van der Waals surface area contributed by atoms with Gasteiger partial charge in [0, 0.05) is 12.1 Å². The molecule has 0 saturated carbocycles. The van der Waals surface area contributed by atoms with E-state index >= 15 is 0 Å². The Balaban J connectivity index is 2.46. The molecular formula is C10H7NO2S3. The third-order valence-corrected chi connectivity index (χ3v) is 5.56. The first kappa shape index (κ1) is 11.4. The van der Waals surface area contributed by atoms with Gasteiger partial charge in [-0.05, 0) is 30.2 Å². The predicted octanol–water partition coefficient (Wildman–Crippen LogP) is 4.42. The fourth-order valence-electron chi connectivity index (χ4n) is 1.30. The Hall–Kier alpha value is -1.11. The third kappa shape index (κ3) is 2.04. The van der Waals surface area contributed by atoms with Crippen LogP contribution in [0.5, 0.6) is 0 Å². The van der Waals surface area contributed by atoms with Crippen molar-refractivity contribution in [3.05, 3.63) is 43.8 Å². The summed E-state index contributed by atoms with van der Waals surface area (Å²) in [4.78, 5) is 11.2. The van der Waals surface area contributed by atoms with Gasteiger partial charge in [-0.15, -0.1) is 0 Å². The summed E-state index contributed by atoms with van der Waals surface area (Å²) in [6, 6.07) is 6.56. The average Bonchev–Trinajstić information content (AvgIpc) is 2.60. The molecule has 16 heavy (non-hydrogen) atoms. The van der Waals surface area contributed by atoms with Gasteiger partial charge in [0.05, 0.1) is 9.80 Å². The van der Waals surface area contributed by atoms with Crippen LogP contribution in [0.2, 0.25) is 0 Å². The molecule has 0 saturated heterocycles. The van der Waals surface area contributed by atoms with Crippen molar-refractivity contribution >= 4 is 38.6 Å². The van der Waals surface area contributed by atoms with E-state index in [-0.39, 0.29) is 5.69 Å². The quantitative estimate of drug-likeness (QED) is 0.351. The highest BCUT2D eigenvalue weighted by molar-refractivity contribution is 7.80. The Morgan fingerprint density at radius 1 is 1.25 bits per heavy atom. The van der Waals surface area contributed by atoms with Crippen LogP contribution in [0.3, 0.4) is 0 Å². The van der Waals surface area contributed by atoms with Crippen LogP contribution in [0.15, 0.2) is 24.3 Å². The van der Waals surface area contributed by atoms with Crippen molar-refractivity contribution < 1.29 is 4.92 Å². The van der Waals surface area contributed by atoms with Crippen LogP contribution in [0.1, 0.15) is 5.56 Å². The third-order valence-electron chi connectivity index (χ3n) is 2.19. The second-order valence-electron chi connectivity index (χ2n) is 3.21. The SMILES string of the molecule is Cc1c(-c2ccc([N+](=O)[O-])cc2)ssc1=S. The van der Waals surface area contributed by atoms with E-state index in [2.05, 4.69) is 0 Å². The summed E-state index contributed by atoms with van der Waals surface area (Å²) < 4.78 is 0.887. The monoisotopic (exact) mass is 269 g/mol. The molecule has 82 valence electrons. The maximum Gasteiger partial charge on any atom is 0.269 e. The van der Waals surface area contributed by atoms with E-state index in [1.807, 2.05) is 6.92 Å². The zero-order valence-corrected chi connectivity index (χ0v) is 10.7. The number of rotatable bonds is 2. The number of benzene rings is 1. The van der Waals surface area contributed by atoms with Gasteiger partial charge in [-0.1, -0.05) is 32.9 Å². The standard InChI is InChI=1S/C10H7NO2S3/c1-6-9(15-16-10(6)14)7-2-4-8(5-3-7)11(12)13/h2-5H,1H3. The number of nitro benzene ring substituents is 1. The van der Waals surface area contributed by atoms with E-state index in [0.29, 0.717) is 0 Å². The lowest BCUT2D eigenvalue weighted by Gasteiger charge is -1.98. The van der Waals surface area contributed by atoms with Gasteiger partial charge in [0.2, 0.25) is 0 Å². The van der Waals surface area contributed by atoms with Crippen LogP contribution >= 0.6 is 32.9 Å². The summed E-state index contributed by atoms with van der Waals surface area (Å²) in [5.41, 5.74) is 2.18. The smallest absolute Gasteiger partial charge is 0.258 e. The molecule has 0 bridgehead atoms. The molecule has 0 radical (unpaired) electrons. The minimum Gasteiger partial charge on any atom is -0.258 e. The molecule has 0 spiro atoms. The molecule has 1 aromatic carbocycles. The first-order valence-corrected chi connectivity index (χ1v) is 7.00. The van der Waals surface area contributed by atoms with Crippen molar-refractivity contribution in [2.75, 3.05) is 0 Å². The number of nitrogens with zero attached hydrogens (tertiary/aromatic N) is 1. The molecule has 3 nitrogen and oxygen atoms in total. The Morgan fingerprint density at radius 2 is 1.88 bits per heavy atom. The minimum absolute atomic E-state index is 0.111. The van der Waals surface area contributed by atoms with Crippen molar-refractivity contribution in [2.45, 2.75) is 6.92 Å². The van der Waals surface area contributed by atoms with E-state index < -0.39 is 4.92 Å². The average molecular weight is 269 g/mol. The highest BCUT2D eigenvalue weighted by atomic mass is 32.9. The first-order chi connectivity index (χ1) is 7.59. The van der Waals surface area contributed by atoms with Gasteiger partial charge in [-0.25, -0.2) is 0 Å². The molecule has 6 heteroatoms. The van der Waals surface area contributed by atoms with Crippen molar-refractivity contribution in [1.29, 1.82) is 0 Å². The summed E-state index contributed by atoms with van der Waals surface area (Å²) in [7, 11) is 3.17. The zero-order chi connectivity index (χ0) is 11.7. The molecule has 0 amide bonds. The number of hydrogen-bond donors (Lipinski definition) is 0. The normalized spacial score (nSPS) is 10.3. The molecule has 2 rings (SSSR count). The van der Waals surface area contributed by atoms with Gasteiger partial charge in [-0.2, -0.15) is 0 Å². The molecule has 0 atom stereocenters. The van der Waals surface area contributed by atoms with Crippen LogP contribution in [-0.4, -0.2) is 4.92 Å². The van der Waals surface area contributed by atoms with Crippen LogP contribution in [0, 0.1) is 20.9 Å². The molecule has 0 aliphatic heterocycles. The van der Waals surface area contributed by atoms with Gasteiger partial charge >= 0.3 is 0 Å². The van der Waals surface area contributed by atoms with E-state index in [9.17, 15) is 10.1 Å². The van der Waals surface area contributed by atoms with Gasteiger partial charge in [0.1, 0.15) is 3.82 Å². The lowest BCUT2D eigenvalue weighted by atomic mass is 10.1. The van der Waals surface area contributed by atoms with Crippen molar-refractivity contribution in [3.63, 3.8) is 0 Å². The molecule has 1 aromatic heterocycles. The highest BCUT2D eigenvalue weighted by Gasteiger charge is 2.09. The maximum absolute atomic E-state index is 10.5. The second kappa shape index (κ2) is 4.40. The fourth-order valence-corrected chi connectivity index (χ4v) is 4.19. The number of hydrogen-bond acceptors (Lipinski definition) is 5. The summed E-state index contributed by atoms with van der Waals surface area (Å²) in [6.07, 6.45) is 0. The number of non-ortho nitro benzene ring substituents is 1. The van der Waals surface area contributed by atoms with Crippen LogP contribution in [0.4, 0.5) is 5.69 Å². The zero-order valence-electron chi connectivity index (χ0n) is 8.30. The van der Waals surface area contributed by atoms with E-state index in [0.717, 1.165) is 19.8 Å². The molecule has 0 aliphatic carbocycles. The van der Waals surface area contributed by atoms with Gasteiger partial charge in [0.25, 0.3) is 5.69 Å². The summed E-state index contributed by atoms with van der Waals surface area (Å²) in [5, 5.41) is 10.5. The number of nitro groups is 1. The summed E-state index contributed by atoms with van der Waals surface area (Å²) in [5.74, 6) is 0. The largest absolute Gasteiger partial charge is 0.269 e. The Morgan fingerprint density at radius 3 is 2.31 bits per heavy atom. The topological polar surface area (TPSA) is 43.1 Å². The molecule has 0 aliphatic rings. The molecule has 0 fully saturated rings. The lowest BCUT2D eigenvalue weighted by Crippen LogP contribution is -1.86. The highest BCUT2D eigenvalue weighted by Crippen LogP contribution is 2.34. The van der Waals surface area contributed by atoms with Crippen molar-refractivity contribution in [3.8, 4) is 10.4 Å². The van der Waals surface area contributed by atoms with E-state index in [4.69, 9.17) is 12.2 Å². The predicted molar refractivity (Wildman–Crippen MR) is 69.9 cm³/mol. The van der Waals surface area contributed by atoms with Crippen molar-refractivity contribution in [1.82, 2.24) is 0 Å². The van der Waals surface area contributed by atoms with E-state index in [1.54, 1.807) is 32.8 Å². The fraction of sp³-hybridized carbons (Fsp3) is 0.100. The molecule has 1 heterocycles. The summed E-state index contributed by atoms with van der Waals surface area (Å²) in [6.45, 7) is 1.98. The molecular weight excluding hydrogens is 262 g/mol. The maximum atomic E-state index is 10.5. The van der Waals surface area contributed by atoms with Crippen LogP contribution in [0.25, 0.3) is 10.4 Å². The van der Waals surface area contributed by atoms with Crippen molar-refractivity contribution in [2.24, 2.45) is 0 Å². The minimum atomic E-state index is -0.397. The molecule has 0 unspecified atom stereocenters. The van der Waals surface area contributed by atoms with Crippen LogP contribution < -0.4 is 0 Å². The molecule has 2 aromatic rings. The Bertz CT molecular complexity index is 583. The second-order valence-corrected chi connectivity index (χ2v) is 6.03. The Labute approximate surface area is 105 Å². The van der Waals surface area contributed by atoms with E-state index in [1.165, 1.54) is 12.1 Å². The van der Waals surface area contributed by atoms with Gasteiger partial charge in [-0.3, -0.25) is 10.1 Å². The Kier molecular flexibility index (Phi) is 3.13. The van der Waals surface area contributed by atoms with Crippen LogP contribution in [-0.2, 0) is 0 Å².